The highest BCUT2D eigenvalue weighted by atomic mass is 32.1. The highest BCUT2D eigenvalue weighted by Gasteiger charge is 2.13. The van der Waals surface area contributed by atoms with Crippen molar-refractivity contribution in [2.45, 2.75) is 0 Å². The Bertz CT molecular complexity index is 1090. The molecule has 4 rings (SSSR count). The second-order valence-electron chi connectivity index (χ2n) is 5.20. The first-order valence-corrected chi connectivity index (χ1v) is 8.37. The number of para-hydroxylation sites is 1. The van der Waals surface area contributed by atoms with Gasteiger partial charge in [0, 0.05) is 17.0 Å². The third-order valence-electron chi connectivity index (χ3n) is 3.62. The Labute approximate surface area is 146 Å². The predicted molar refractivity (Wildman–Crippen MR) is 97.7 cm³/mol. The highest BCUT2D eigenvalue weighted by molar-refractivity contribution is 7.14. The molecule has 0 aliphatic carbocycles. The van der Waals surface area contributed by atoms with Crippen molar-refractivity contribution in [3.05, 3.63) is 64.5 Å². The molecule has 0 saturated heterocycles. The van der Waals surface area contributed by atoms with Gasteiger partial charge in [-0.15, -0.1) is 11.3 Å². The van der Waals surface area contributed by atoms with Gasteiger partial charge in [-0.25, -0.2) is 14.8 Å². The third-order valence-corrected chi connectivity index (χ3v) is 4.38. The number of nitrogens with zero attached hydrogens (tertiary/aromatic N) is 2. The van der Waals surface area contributed by atoms with Gasteiger partial charge in [-0.3, -0.25) is 0 Å². The molecule has 0 aliphatic heterocycles. The lowest BCUT2D eigenvalue weighted by molar-refractivity contribution is 0.407. The molecule has 1 aromatic carbocycles. The van der Waals surface area contributed by atoms with Gasteiger partial charge in [-0.1, -0.05) is 18.2 Å². The average molecular weight is 351 g/mol. The average Bonchev–Trinajstić information content (AvgIpc) is 3.09. The number of pyridine rings is 1. The van der Waals surface area contributed by atoms with Crippen LogP contribution < -0.4 is 15.7 Å². The summed E-state index contributed by atoms with van der Waals surface area (Å²) in [5, 5.41) is 6.35. The van der Waals surface area contributed by atoms with E-state index in [1.54, 1.807) is 25.4 Å². The van der Waals surface area contributed by atoms with Crippen LogP contribution in [-0.2, 0) is 0 Å². The number of aromatic nitrogens is 2. The summed E-state index contributed by atoms with van der Waals surface area (Å²) in [6.45, 7) is 0. The van der Waals surface area contributed by atoms with Crippen molar-refractivity contribution in [3.8, 4) is 17.0 Å². The summed E-state index contributed by atoms with van der Waals surface area (Å²) in [6.07, 6.45) is 1.70. The number of methoxy groups -OCH3 is 1. The topological polar surface area (TPSA) is 77.2 Å². The van der Waals surface area contributed by atoms with Crippen molar-refractivity contribution in [2.24, 2.45) is 0 Å². The molecule has 3 heterocycles. The Balaban J connectivity index is 1.73. The summed E-state index contributed by atoms with van der Waals surface area (Å²) >= 11 is 1.39. The zero-order chi connectivity index (χ0) is 17.2. The molecule has 4 aromatic rings. The molecular weight excluding hydrogens is 338 g/mol. The molecule has 7 heteroatoms. The van der Waals surface area contributed by atoms with E-state index in [0.29, 0.717) is 33.5 Å². The quantitative estimate of drug-likeness (QED) is 0.559. The van der Waals surface area contributed by atoms with E-state index in [2.05, 4.69) is 15.3 Å². The molecule has 25 heavy (non-hydrogen) atoms. The van der Waals surface area contributed by atoms with Crippen molar-refractivity contribution in [2.75, 3.05) is 12.4 Å². The number of benzene rings is 1. The first-order valence-electron chi connectivity index (χ1n) is 7.49. The summed E-state index contributed by atoms with van der Waals surface area (Å²) in [4.78, 5) is 21.0. The van der Waals surface area contributed by atoms with E-state index >= 15 is 0 Å². The van der Waals surface area contributed by atoms with Crippen LogP contribution in [0, 0.1) is 0 Å². The standard InChI is InChI=1S/C18H13N3O3S/c1-23-14-6-4-5-11-9-12(17(22)24-16(11)14)13-10-25-18(20-13)21-15-7-2-3-8-19-15/h2-10H,1H3,(H,19,20,21). The SMILES string of the molecule is COc1cccc2cc(-c3csc(Nc4ccccn4)n3)c(=O)oc12. The fraction of sp³-hybridized carbons (Fsp3) is 0.0556. The van der Waals surface area contributed by atoms with Crippen molar-refractivity contribution in [3.63, 3.8) is 0 Å². The summed E-state index contributed by atoms with van der Waals surface area (Å²) < 4.78 is 10.7. The minimum absolute atomic E-state index is 0.408. The van der Waals surface area contributed by atoms with Crippen LogP contribution in [0.5, 0.6) is 5.75 Å². The normalized spacial score (nSPS) is 10.8. The molecule has 0 fully saturated rings. The lowest BCUT2D eigenvalue weighted by atomic mass is 10.1. The van der Waals surface area contributed by atoms with Crippen molar-refractivity contribution < 1.29 is 9.15 Å². The van der Waals surface area contributed by atoms with E-state index in [0.717, 1.165) is 5.39 Å². The lowest BCUT2D eigenvalue weighted by Gasteiger charge is -2.04. The zero-order valence-electron chi connectivity index (χ0n) is 13.2. The van der Waals surface area contributed by atoms with Crippen LogP contribution in [0.1, 0.15) is 0 Å². The molecule has 0 amide bonds. The monoisotopic (exact) mass is 351 g/mol. The maximum atomic E-state index is 12.4. The van der Waals surface area contributed by atoms with Gasteiger partial charge in [-0.05, 0) is 24.3 Å². The molecule has 0 saturated carbocycles. The van der Waals surface area contributed by atoms with Crippen LogP contribution in [0.4, 0.5) is 10.9 Å². The summed E-state index contributed by atoms with van der Waals surface area (Å²) in [7, 11) is 1.54. The number of rotatable bonds is 4. The second kappa shape index (κ2) is 6.37. The van der Waals surface area contributed by atoms with E-state index in [1.807, 2.05) is 35.7 Å². The summed E-state index contributed by atoms with van der Waals surface area (Å²) in [6, 6.07) is 12.8. The Morgan fingerprint density at radius 1 is 1.20 bits per heavy atom. The van der Waals surface area contributed by atoms with Crippen molar-refractivity contribution in [1.82, 2.24) is 9.97 Å². The second-order valence-corrected chi connectivity index (χ2v) is 6.06. The number of ether oxygens (including phenoxy) is 1. The first-order chi connectivity index (χ1) is 12.2. The molecule has 0 unspecified atom stereocenters. The van der Waals surface area contributed by atoms with Crippen molar-refractivity contribution >= 4 is 33.3 Å². The van der Waals surface area contributed by atoms with Crippen LogP contribution in [-0.4, -0.2) is 17.1 Å². The smallest absolute Gasteiger partial charge is 0.345 e. The first kappa shape index (κ1) is 15.3. The molecule has 3 aromatic heterocycles. The number of fused-ring (bicyclic) bond motifs is 1. The largest absolute Gasteiger partial charge is 0.493 e. The van der Waals surface area contributed by atoms with Gasteiger partial charge >= 0.3 is 5.63 Å². The van der Waals surface area contributed by atoms with Gasteiger partial charge in [0.1, 0.15) is 5.82 Å². The Morgan fingerprint density at radius 2 is 2.12 bits per heavy atom. The van der Waals surface area contributed by atoms with Crippen LogP contribution in [0.3, 0.4) is 0 Å². The summed E-state index contributed by atoms with van der Waals surface area (Å²) in [5.74, 6) is 1.22. The Kier molecular flexibility index (Phi) is 3.91. The molecule has 0 aliphatic rings. The molecule has 0 spiro atoms. The Hall–Kier alpha value is -3.19. The third kappa shape index (κ3) is 2.97. The van der Waals surface area contributed by atoms with E-state index in [9.17, 15) is 4.79 Å². The lowest BCUT2D eigenvalue weighted by Crippen LogP contribution is -2.03. The highest BCUT2D eigenvalue weighted by Crippen LogP contribution is 2.29. The number of nitrogens with one attached hydrogen (secondary N) is 1. The van der Waals surface area contributed by atoms with Crippen LogP contribution >= 0.6 is 11.3 Å². The van der Waals surface area contributed by atoms with Crippen LogP contribution in [0.15, 0.2) is 63.3 Å². The van der Waals surface area contributed by atoms with Gasteiger partial charge in [0.25, 0.3) is 0 Å². The number of thiazole rings is 1. The minimum atomic E-state index is -0.452. The van der Waals surface area contributed by atoms with Crippen LogP contribution in [0.25, 0.3) is 22.2 Å². The maximum absolute atomic E-state index is 12.4. The van der Waals surface area contributed by atoms with E-state index < -0.39 is 5.63 Å². The molecule has 0 bridgehead atoms. The molecular formula is C18H13N3O3S. The minimum Gasteiger partial charge on any atom is -0.493 e. The van der Waals surface area contributed by atoms with Gasteiger partial charge in [-0.2, -0.15) is 0 Å². The maximum Gasteiger partial charge on any atom is 0.345 e. The van der Waals surface area contributed by atoms with Gasteiger partial charge in [0.15, 0.2) is 16.5 Å². The molecule has 0 radical (unpaired) electrons. The molecule has 0 atom stereocenters. The fourth-order valence-electron chi connectivity index (χ4n) is 2.46. The number of anilines is 2. The van der Waals surface area contributed by atoms with Gasteiger partial charge in [0.2, 0.25) is 0 Å². The Morgan fingerprint density at radius 3 is 2.92 bits per heavy atom. The van der Waals surface area contributed by atoms with Gasteiger partial charge < -0.3 is 14.5 Å². The molecule has 6 nitrogen and oxygen atoms in total. The molecule has 1 N–H and O–H groups in total. The van der Waals surface area contributed by atoms with E-state index in [4.69, 9.17) is 9.15 Å². The summed E-state index contributed by atoms with van der Waals surface area (Å²) in [5.41, 5.74) is 0.945. The number of hydrogen-bond donors (Lipinski definition) is 1. The molecule has 124 valence electrons. The van der Waals surface area contributed by atoms with Gasteiger partial charge in [0.05, 0.1) is 18.4 Å². The van der Waals surface area contributed by atoms with Crippen molar-refractivity contribution in [1.29, 1.82) is 0 Å². The van der Waals surface area contributed by atoms with Crippen LogP contribution in [0.2, 0.25) is 0 Å². The number of hydrogen-bond acceptors (Lipinski definition) is 7. The fourth-order valence-corrected chi connectivity index (χ4v) is 3.18. The van der Waals surface area contributed by atoms with E-state index in [1.165, 1.54) is 11.3 Å². The predicted octanol–water partition coefficient (Wildman–Crippen LogP) is 4.06. The van der Waals surface area contributed by atoms with E-state index in [-0.39, 0.29) is 0 Å². The zero-order valence-corrected chi connectivity index (χ0v) is 14.0.